The number of aliphatic hydroxyl groups excluding tert-OH is 1. The van der Waals surface area contributed by atoms with E-state index >= 15 is 0 Å². The van der Waals surface area contributed by atoms with Crippen molar-refractivity contribution >= 4 is 11.4 Å². The zero-order valence-corrected chi connectivity index (χ0v) is 11.1. The van der Waals surface area contributed by atoms with E-state index in [0.29, 0.717) is 18.7 Å². The zero-order valence-electron chi connectivity index (χ0n) is 11.1. The summed E-state index contributed by atoms with van der Waals surface area (Å²) in [5, 5.41) is 20.2. The number of nitro benzene ring substituents is 1. The van der Waals surface area contributed by atoms with E-state index in [0.717, 1.165) is 5.69 Å². The van der Waals surface area contributed by atoms with Crippen molar-refractivity contribution in [1.82, 2.24) is 0 Å². The van der Waals surface area contributed by atoms with Gasteiger partial charge in [0.05, 0.1) is 29.8 Å². The van der Waals surface area contributed by atoms with E-state index in [4.69, 9.17) is 4.74 Å². The minimum Gasteiger partial charge on any atom is -0.394 e. The van der Waals surface area contributed by atoms with Crippen LogP contribution in [-0.2, 0) is 4.74 Å². The van der Waals surface area contributed by atoms with Crippen LogP contribution in [0.2, 0.25) is 0 Å². The fourth-order valence-electron chi connectivity index (χ4n) is 2.38. The maximum Gasteiger partial charge on any atom is 0.274 e. The normalized spacial score (nSPS) is 23.4. The first-order chi connectivity index (χ1) is 9.04. The van der Waals surface area contributed by atoms with Crippen LogP contribution in [0.4, 0.5) is 11.4 Å². The van der Waals surface area contributed by atoms with Crippen molar-refractivity contribution in [2.75, 3.05) is 24.7 Å². The average molecular weight is 266 g/mol. The van der Waals surface area contributed by atoms with Gasteiger partial charge in [-0.2, -0.15) is 0 Å². The summed E-state index contributed by atoms with van der Waals surface area (Å²) < 4.78 is 5.48. The largest absolute Gasteiger partial charge is 0.394 e. The van der Waals surface area contributed by atoms with E-state index in [2.05, 4.69) is 4.90 Å². The Morgan fingerprint density at radius 3 is 2.95 bits per heavy atom. The summed E-state index contributed by atoms with van der Waals surface area (Å²) in [6, 6.07) is 5.20. The molecule has 6 nitrogen and oxygen atoms in total. The number of anilines is 1. The molecule has 1 saturated heterocycles. The van der Waals surface area contributed by atoms with Gasteiger partial charge in [0.2, 0.25) is 0 Å². The Hall–Kier alpha value is -1.66. The first kappa shape index (κ1) is 13.8. The average Bonchev–Trinajstić information content (AvgIpc) is 2.39. The fourth-order valence-corrected chi connectivity index (χ4v) is 2.38. The number of hydrogen-bond donors (Lipinski definition) is 1. The lowest BCUT2D eigenvalue weighted by molar-refractivity contribution is -0.385. The Balaban J connectivity index is 2.34. The Morgan fingerprint density at radius 2 is 2.32 bits per heavy atom. The number of nitro groups is 1. The van der Waals surface area contributed by atoms with Crippen molar-refractivity contribution in [3.63, 3.8) is 0 Å². The molecular weight excluding hydrogens is 248 g/mol. The van der Waals surface area contributed by atoms with Crippen molar-refractivity contribution in [2.45, 2.75) is 26.0 Å². The second-order valence-corrected chi connectivity index (χ2v) is 4.82. The minimum atomic E-state index is -0.368. The predicted molar refractivity (Wildman–Crippen MR) is 71.5 cm³/mol. The lowest BCUT2D eigenvalue weighted by Crippen LogP contribution is -2.49. The highest BCUT2D eigenvalue weighted by Crippen LogP contribution is 2.31. The summed E-state index contributed by atoms with van der Waals surface area (Å²) in [7, 11) is 0. The molecule has 1 N–H and O–H groups in total. The van der Waals surface area contributed by atoms with Gasteiger partial charge in [0.15, 0.2) is 0 Å². The highest BCUT2D eigenvalue weighted by Gasteiger charge is 2.28. The highest BCUT2D eigenvalue weighted by molar-refractivity contribution is 5.62. The van der Waals surface area contributed by atoms with Crippen LogP contribution in [0.3, 0.4) is 0 Å². The van der Waals surface area contributed by atoms with Gasteiger partial charge in [-0.3, -0.25) is 10.1 Å². The maximum absolute atomic E-state index is 11.0. The van der Waals surface area contributed by atoms with Crippen molar-refractivity contribution < 1.29 is 14.8 Å². The van der Waals surface area contributed by atoms with Gasteiger partial charge in [-0.1, -0.05) is 6.07 Å². The van der Waals surface area contributed by atoms with E-state index in [-0.39, 0.29) is 29.4 Å². The number of ether oxygens (including phenoxy) is 1. The summed E-state index contributed by atoms with van der Waals surface area (Å²) in [6.07, 6.45) is -0.241. The second kappa shape index (κ2) is 5.54. The van der Waals surface area contributed by atoms with Gasteiger partial charge in [-0.25, -0.2) is 0 Å². The lowest BCUT2D eigenvalue weighted by Gasteiger charge is -2.39. The first-order valence-corrected chi connectivity index (χ1v) is 6.27. The molecular formula is C13H18N2O4. The van der Waals surface area contributed by atoms with E-state index in [1.54, 1.807) is 13.0 Å². The first-order valence-electron chi connectivity index (χ1n) is 6.27. The van der Waals surface area contributed by atoms with Crippen LogP contribution in [0, 0.1) is 17.0 Å². The summed E-state index contributed by atoms with van der Waals surface area (Å²) in [4.78, 5) is 12.7. The van der Waals surface area contributed by atoms with Crippen molar-refractivity contribution in [1.29, 1.82) is 0 Å². The molecule has 1 aromatic rings. The molecule has 0 bridgehead atoms. The van der Waals surface area contributed by atoms with Crippen LogP contribution in [0.25, 0.3) is 0 Å². The number of morpholine rings is 1. The number of hydrogen-bond acceptors (Lipinski definition) is 5. The van der Waals surface area contributed by atoms with Crippen LogP contribution in [0.15, 0.2) is 18.2 Å². The molecule has 6 heteroatoms. The van der Waals surface area contributed by atoms with Gasteiger partial charge in [0.1, 0.15) is 0 Å². The molecule has 0 aromatic heterocycles. The zero-order chi connectivity index (χ0) is 14.0. The third kappa shape index (κ3) is 2.69. The van der Waals surface area contributed by atoms with Crippen LogP contribution in [0.5, 0.6) is 0 Å². The number of benzene rings is 1. The van der Waals surface area contributed by atoms with E-state index in [1.807, 2.05) is 13.0 Å². The molecule has 2 atom stereocenters. The summed E-state index contributed by atoms with van der Waals surface area (Å²) in [5.74, 6) is 0. The molecule has 2 unspecified atom stereocenters. The smallest absolute Gasteiger partial charge is 0.274 e. The van der Waals surface area contributed by atoms with Crippen molar-refractivity contribution in [2.24, 2.45) is 0 Å². The second-order valence-electron chi connectivity index (χ2n) is 4.82. The third-order valence-electron chi connectivity index (χ3n) is 3.49. The molecule has 0 saturated carbocycles. The van der Waals surface area contributed by atoms with E-state index in [1.165, 1.54) is 6.07 Å². The van der Waals surface area contributed by atoms with Crippen LogP contribution in [0.1, 0.15) is 12.5 Å². The Bertz CT molecular complexity index is 478. The molecule has 0 spiro atoms. The molecule has 1 aliphatic heterocycles. The van der Waals surface area contributed by atoms with Crippen molar-refractivity contribution in [3.8, 4) is 0 Å². The molecule has 19 heavy (non-hydrogen) atoms. The molecule has 1 aromatic carbocycles. The van der Waals surface area contributed by atoms with Gasteiger partial charge in [-0.05, 0) is 19.9 Å². The summed E-state index contributed by atoms with van der Waals surface area (Å²) >= 11 is 0. The number of rotatable bonds is 3. The Morgan fingerprint density at radius 1 is 1.58 bits per heavy atom. The minimum absolute atomic E-state index is 0.0444. The SMILES string of the molecule is Cc1c(N2CC(CO)OCC2C)cccc1[N+](=O)[O-]. The molecule has 1 aliphatic rings. The van der Waals surface area contributed by atoms with Gasteiger partial charge in [0, 0.05) is 24.3 Å². The van der Waals surface area contributed by atoms with E-state index < -0.39 is 0 Å². The quantitative estimate of drug-likeness (QED) is 0.662. The lowest BCUT2D eigenvalue weighted by atomic mass is 10.1. The maximum atomic E-state index is 11.0. The third-order valence-corrected chi connectivity index (χ3v) is 3.49. The predicted octanol–water partition coefficient (Wildman–Crippen LogP) is 1.49. The van der Waals surface area contributed by atoms with Crippen LogP contribution in [-0.4, -0.2) is 41.9 Å². The summed E-state index contributed by atoms with van der Waals surface area (Å²) in [6.45, 7) is 4.76. The molecule has 0 radical (unpaired) electrons. The van der Waals surface area contributed by atoms with Gasteiger partial charge >= 0.3 is 0 Å². The van der Waals surface area contributed by atoms with Crippen LogP contribution < -0.4 is 4.90 Å². The topological polar surface area (TPSA) is 75.8 Å². The fraction of sp³-hybridized carbons (Fsp3) is 0.538. The molecule has 1 heterocycles. The molecule has 104 valence electrons. The molecule has 1 fully saturated rings. The number of aliphatic hydroxyl groups is 1. The standard InChI is InChI=1S/C13H18N2O4/c1-9-8-19-11(7-16)6-14(9)12-4-3-5-13(10(12)2)15(17)18/h3-5,9,11,16H,6-8H2,1-2H3. The monoisotopic (exact) mass is 266 g/mol. The van der Waals surface area contributed by atoms with Crippen molar-refractivity contribution in [3.05, 3.63) is 33.9 Å². The van der Waals surface area contributed by atoms with Gasteiger partial charge in [-0.15, -0.1) is 0 Å². The Kier molecular flexibility index (Phi) is 4.01. The van der Waals surface area contributed by atoms with E-state index in [9.17, 15) is 15.2 Å². The molecule has 0 aliphatic carbocycles. The van der Waals surface area contributed by atoms with Gasteiger partial charge < -0.3 is 14.7 Å². The molecule has 2 rings (SSSR count). The Labute approximate surface area is 111 Å². The summed E-state index contributed by atoms with van der Waals surface area (Å²) in [5.41, 5.74) is 1.61. The highest BCUT2D eigenvalue weighted by atomic mass is 16.6. The number of nitrogens with zero attached hydrogens (tertiary/aromatic N) is 2. The molecule has 0 amide bonds. The van der Waals surface area contributed by atoms with Gasteiger partial charge in [0.25, 0.3) is 5.69 Å². The van der Waals surface area contributed by atoms with Crippen LogP contribution >= 0.6 is 0 Å².